The third-order valence-corrected chi connectivity index (χ3v) is 2.26. The number of nitrogens with one attached hydrogen (secondary N) is 1. The highest BCUT2D eigenvalue weighted by Gasteiger charge is 2.11. The lowest BCUT2D eigenvalue weighted by Crippen LogP contribution is -2.14. The van der Waals surface area contributed by atoms with Gasteiger partial charge in [0.2, 0.25) is 0 Å². The molecule has 0 radical (unpaired) electrons. The number of fused-ring (bicyclic) bond motifs is 1. The van der Waals surface area contributed by atoms with E-state index in [0.29, 0.717) is 4.47 Å². The average molecular weight is 258 g/mol. The second kappa shape index (κ2) is 2.95. The SMILES string of the molecule is O=C(O)c1cn2c(=O)[nH]cc(Br)c2n1. The predicted molar refractivity (Wildman–Crippen MR) is 50.5 cm³/mol. The Bertz CT molecular complexity index is 571. The number of rotatable bonds is 1. The lowest BCUT2D eigenvalue weighted by Gasteiger charge is -1.92. The minimum absolute atomic E-state index is 0.164. The van der Waals surface area contributed by atoms with E-state index >= 15 is 0 Å². The Balaban J connectivity index is 2.89. The van der Waals surface area contributed by atoms with Crippen molar-refractivity contribution in [3.63, 3.8) is 0 Å². The van der Waals surface area contributed by atoms with E-state index in [9.17, 15) is 9.59 Å². The van der Waals surface area contributed by atoms with Gasteiger partial charge in [0.25, 0.3) is 0 Å². The number of hydrogen-bond donors (Lipinski definition) is 2. The van der Waals surface area contributed by atoms with Gasteiger partial charge in [-0.2, -0.15) is 0 Å². The molecule has 6 nitrogen and oxygen atoms in total. The zero-order valence-corrected chi connectivity index (χ0v) is 8.28. The second-order valence-electron chi connectivity index (χ2n) is 2.57. The van der Waals surface area contributed by atoms with E-state index in [1.54, 1.807) is 0 Å². The van der Waals surface area contributed by atoms with Gasteiger partial charge in [-0.15, -0.1) is 0 Å². The summed E-state index contributed by atoms with van der Waals surface area (Å²) in [4.78, 5) is 28.0. The molecule has 2 aromatic rings. The Morgan fingerprint density at radius 3 is 2.93 bits per heavy atom. The van der Waals surface area contributed by atoms with Gasteiger partial charge in [0.1, 0.15) is 0 Å². The molecular formula is C7H4BrN3O3. The number of carboxylic acid groups (broad SMARTS) is 1. The molecule has 0 aromatic carbocycles. The number of hydrogen-bond acceptors (Lipinski definition) is 3. The summed E-state index contributed by atoms with van der Waals surface area (Å²) < 4.78 is 1.66. The third kappa shape index (κ3) is 1.22. The first kappa shape index (κ1) is 8.95. The molecule has 2 heterocycles. The molecule has 0 aliphatic heterocycles. The van der Waals surface area contributed by atoms with Crippen LogP contribution in [0.3, 0.4) is 0 Å². The Morgan fingerprint density at radius 2 is 2.36 bits per heavy atom. The molecule has 0 fully saturated rings. The summed E-state index contributed by atoms with van der Waals surface area (Å²) in [6.45, 7) is 0. The van der Waals surface area contributed by atoms with Crippen LogP contribution in [0.15, 0.2) is 21.7 Å². The van der Waals surface area contributed by atoms with Crippen LogP contribution in [-0.2, 0) is 0 Å². The summed E-state index contributed by atoms with van der Waals surface area (Å²) in [6, 6.07) is 0. The van der Waals surface area contributed by atoms with Gasteiger partial charge in [0.15, 0.2) is 11.3 Å². The van der Waals surface area contributed by atoms with Crippen LogP contribution in [0.1, 0.15) is 10.5 Å². The van der Waals surface area contributed by atoms with Crippen LogP contribution in [-0.4, -0.2) is 25.4 Å². The van der Waals surface area contributed by atoms with Crippen molar-refractivity contribution in [3.8, 4) is 0 Å². The molecule has 7 heteroatoms. The minimum atomic E-state index is -1.17. The molecule has 0 aliphatic rings. The topological polar surface area (TPSA) is 87.5 Å². The summed E-state index contributed by atoms with van der Waals surface area (Å²) in [7, 11) is 0. The molecule has 0 amide bonds. The molecule has 0 saturated carbocycles. The van der Waals surface area contributed by atoms with E-state index < -0.39 is 11.7 Å². The molecule has 0 aliphatic carbocycles. The fraction of sp³-hybridized carbons (Fsp3) is 0. The molecule has 72 valence electrons. The summed E-state index contributed by atoms with van der Waals surface area (Å²) in [6.07, 6.45) is 2.58. The van der Waals surface area contributed by atoms with Crippen molar-refractivity contribution in [2.75, 3.05) is 0 Å². The number of halogens is 1. The predicted octanol–water partition coefficient (Wildman–Crippen LogP) is 0.483. The molecular weight excluding hydrogens is 254 g/mol. The van der Waals surface area contributed by atoms with E-state index in [0.717, 1.165) is 4.40 Å². The van der Waals surface area contributed by atoms with Crippen molar-refractivity contribution in [1.82, 2.24) is 14.4 Å². The molecule has 0 bridgehead atoms. The molecule has 2 N–H and O–H groups in total. The Morgan fingerprint density at radius 1 is 1.64 bits per heavy atom. The van der Waals surface area contributed by atoms with Crippen molar-refractivity contribution < 1.29 is 9.90 Å². The highest BCUT2D eigenvalue weighted by Crippen LogP contribution is 2.13. The molecule has 2 rings (SSSR count). The zero-order valence-electron chi connectivity index (χ0n) is 6.69. The third-order valence-electron chi connectivity index (χ3n) is 1.68. The van der Waals surface area contributed by atoms with Gasteiger partial charge in [-0.3, -0.25) is 0 Å². The van der Waals surface area contributed by atoms with Crippen LogP contribution < -0.4 is 5.69 Å². The highest BCUT2D eigenvalue weighted by atomic mass is 79.9. The highest BCUT2D eigenvalue weighted by molar-refractivity contribution is 9.10. The number of carboxylic acids is 1. The standard InChI is InChI=1S/C7H4BrN3O3/c8-3-1-9-7(14)11-2-4(6(12)13)10-5(3)11/h1-2H,(H,9,14)(H,12,13). The number of aromatic carboxylic acids is 1. The van der Waals surface area contributed by atoms with Crippen LogP contribution in [0.25, 0.3) is 5.65 Å². The molecule has 0 spiro atoms. The van der Waals surface area contributed by atoms with Gasteiger partial charge in [0.05, 0.1) is 4.47 Å². The van der Waals surface area contributed by atoms with Gasteiger partial charge in [-0.05, 0) is 15.9 Å². The first-order valence-electron chi connectivity index (χ1n) is 3.59. The summed E-state index contributed by atoms with van der Waals surface area (Å²) in [5, 5.41) is 8.66. The summed E-state index contributed by atoms with van der Waals surface area (Å²) in [5.74, 6) is -1.17. The van der Waals surface area contributed by atoms with E-state index in [1.807, 2.05) is 0 Å². The quantitative estimate of drug-likeness (QED) is 0.778. The number of aromatic nitrogens is 3. The van der Waals surface area contributed by atoms with E-state index in [1.165, 1.54) is 12.4 Å². The van der Waals surface area contributed by atoms with E-state index in [2.05, 4.69) is 25.9 Å². The molecule has 0 unspecified atom stereocenters. The van der Waals surface area contributed by atoms with Crippen LogP contribution in [0, 0.1) is 0 Å². The maximum atomic E-state index is 11.2. The van der Waals surface area contributed by atoms with Gasteiger partial charge in [0, 0.05) is 12.4 Å². The summed E-state index contributed by atoms with van der Waals surface area (Å²) in [5.41, 5.74) is -0.309. The number of nitrogens with zero attached hydrogens (tertiary/aromatic N) is 2. The van der Waals surface area contributed by atoms with Gasteiger partial charge in [-0.25, -0.2) is 19.0 Å². The van der Waals surface area contributed by atoms with E-state index in [4.69, 9.17) is 5.11 Å². The van der Waals surface area contributed by atoms with Crippen molar-refractivity contribution in [3.05, 3.63) is 33.0 Å². The maximum absolute atomic E-state index is 11.2. The monoisotopic (exact) mass is 257 g/mol. The number of imidazole rings is 1. The van der Waals surface area contributed by atoms with Gasteiger partial charge >= 0.3 is 11.7 Å². The minimum Gasteiger partial charge on any atom is -0.476 e. The van der Waals surface area contributed by atoms with Crippen LogP contribution in [0.4, 0.5) is 0 Å². The lowest BCUT2D eigenvalue weighted by atomic mass is 10.5. The van der Waals surface area contributed by atoms with Crippen molar-refractivity contribution in [1.29, 1.82) is 0 Å². The van der Waals surface area contributed by atoms with Crippen LogP contribution >= 0.6 is 15.9 Å². The fourth-order valence-electron chi connectivity index (χ4n) is 1.07. The van der Waals surface area contributed by atoms with Crippen LogP contribution in [0.5, 0.6) is 0 Å². The largest absolute Gasteiger partial charge is 0.476 e. The molecule has 2 aromatic heterocycles. The molecule has 14 heavy (non-hydrogen) atoms. The number of H-pyrrole nitrogens is 1. The van der Waals surface area contributed by atoms with Crippen molar-refractivity contribution >= 4 is 27.5 Å². The maximum Gasteiger partial charge on any atom is 0.356 e. The van der Waals surface area contributed by atoms with Gasteiger partial charge in [-0.1, -0.05) is 0 Å². The van der Waals surface area contributed by atoms with Gasteiger partial charge < -0.3 is 10.1 Å². The van der Waals surface area contributed by atoms with E-state index in [-0.39, 0.29) is 11.3 Å². The molecule has 0 saturated heterocycles. The van der Waals surface area contributed by atoms with Crippen molar-refractivity contribution in [2.24, 2.45) is 0 Å². The first-order chi connectivity index (χ1) is 6.59. The fourth-order valence-corrected chi connectivity index (χ4v) is 1.46. The average Bonchev–Trinajstić information content (AvgIpc) is 2.57. The smallest absolute Gasteiger partial charge is 0.356 e. The molecule has 0 atom stereocenters. The zero-order chi connectivity index (χ0) is 10.3. The number of carbonyl (C=O) groups is 1. The Kier molecular flexibility index (Phi) is 1.88. The first-order valence-corrected chi connectivity index (χ1v) is 4.38. The lowest BCUT2D eigenvalue weighted by molar-refractivity contribution is 0.0691. The number of aromatic amines is 1. The Labute approximate surface area is 85.3 Å². The van der Waals surface area contributed by atoms with Crippen LogP contribution in [0.2, 0.25) is 0 Å². The normalized spacial score (nSPS) is 10.6. The van der Waals surface area contributed by atoms with Crippen molar-refractivity contribution in [2.45, 2.75) is 0 Å². The Hall–Kier alpha value is -1.63. The second-order valence-corrected chi connectivity index (χ2v) is 3.42. The summed E-state index contributed by atoms with van der Waals surface area (Å²) >= 11 is 3.15.